The highest BCUT2D eigenvalue weighted by Crippen LogP contribution is 2.50. The van der Waals surface area contributed by atoms with Gasteiger partial charge in [0.05, 0.1) is 0 Å². The quantitative estimate of drug-likeness (QED) is 0.0786. The van der Waals surface area contributed by atoms with Crippen molar-refractivity contribution in [2.24, 2.45) is 0 Å². The molecule has 0 bridgehead atoms. The number of rotatable bonds is 27. The summed E-state index contributed by atoms with van der Waals surface area (Å²) >= 11 is 0.786. The molecule has 0 atom stereocenters. The molecular weight excluding hydrogens is 437 g/mol. The van der Waals surface area contributed by atoms with Gasteiger partial charge in [-0.25, -0.2) is 4.57 Å². The zero-order chi connectivity index (χ0) is 23.6. The SMILES string of the molecule is CCCCCCCCCCCCCCCCNCCCCCCCCCCSP(=O)(O)O. The minimum atomic E-state index is -3.85. The normalized spacial score (nSPS) is 12.0. The molecule has 3 N–H and O–H groups in total. The highest BCUT2D eigenvalue weighted by molar-refractivity contribution is 8.54. The van der Waals surface area contributed by atoms with Crippen molar-refractivity contribution in [3.63, 3.8) is 0 Å². The van der Waals surface area contributed by atoms with Crippen LogP contribution in [0.5, 0.6) is 0 Å². The molecule has 4 nitrogen and oxygen atoms in total. The van der Waals surface area contributed by atoms with Gasteiger partial charge in [0.25, 0.3) is 0 Å². The van der Waals surface area contributed by atoms with Crippen LogP contribution in [0, 0.1) is 0 Å². The van der Waals surface area contributed by atoms with E-state index in [0.29, 0.717) is 5.75 Å². The molecule has 0 aromatic heterocycles. The Kier molecular flexibility index (Phi) is 26.4. The van der Waals surface area contributed by atoms with Crippen LogP contribution in [0.15, 0.2) is 0 Å². The summed E-state index contributed by atoms with van der Waals surface area (Å²) in [6.07, 6.45) is 29.6. The van der Waals surface area contributed by atoms with Crippen molar-refractivity contribution in [3.8, 4) is 0 Å². The standard InChI is InChI=1S/C26H56NO3PS/c1-2-3-4-5-6-7-8-9-10-11-12-15-18-21-24-27-25-22-19-16-13-14-17-20-23-26-32-31(28,29)30/h27H,2-26H2,1H3,(H2,28,29,30). The van der Waals surface area contributed by atoms with E-state index in [1.165, 1.54) is 135 Å². The first kappa shape index (κ1) is 32.5. The Balaban J connectivity index is 3.03. The molecule has 0 saturated carbocycles. The van der Waals surface area contributed by atoms with E-state index in [2.05, 4.69) is 12.2 Å². The van der Waals surface area contributed by atoms with Gasteiger partial charge in [0.15, 0.2) is 0 Å². The Morgan fingerprint density at radius 3 is 1.19 bits per heavy atom. The van der Waals surface area contributed by atoms with Crippen LogP contribution in [0.2, 0.25) is 0 Å². The maximum absolute atomic E-state index is 10.7. The minimum absolute atomic E-state index is 0.579. The zero-order valence-corrected chi connectivity index (χ0v) is 23.0. The van der Waals surface area contributed by atoms with Gasteiger partial charge < -0.3 is 15.1 Å². The molecule has 0 aromatic rings. The van der Waals surface area contributed by atoms with E-state index in [0.717, 1.165) is 30.8 Å². The lowest BCUT2D eigenvalue weighted by molar-refractivity contribution is 0.397. The molecule has 0 aromatic carbocycles. The topological polar surface area (TPSA) is 69.6 Å². The van der Waals surface area contributed by atoms with Gasteiger partial charge in [0.2, 0.25) is 0 Å². The van der Waals surface area contributed by atoms with E-state index in [1.54, 1.807) is 0 Å². The van der Waals surface area contributed by atoms with Gasteiger partial charge in [-0.3, -0.25) is 0 Å². The van der Waals surface area contributed by atoms with Crippen LogP contribution >= 0.6 is 18.2 Å². The molecule has 0 fully saturated rings. The smallest absolute Gasteiger partial charge is 0.317 e. The molecule has 0 radical (unpaired) electrons. The molecule has 32 heavy (non-hydrogen) atoms. The Morgan fingerprint density at radius 1 is 0.531 bits per heavy atom. The van der Waals surface area contributed by atoms with Crippen molar-refractivity contribution < 1.29 is 14.4 Å². The summed E-state index contributed by atoms with van der Waals surface area (Å²) in [6.45, 7) is 0.783. The van der Waals surface area contributed by atoms with Gasteiger partial charge in [-0.1, -0.05) is 129 Å². The second-order valence-electron chi connectivity index (χ2n) is 9.50. The third kappa shape index (κ3) is 30.5. The molecular formula is C26H56NO3PS. The fourth-order valence-electron chi connectivity index (χ4n) is 4.17. The Bertz CT molecular complexity index is 407. The lowest BCUT2D eigenvalue weighted by Gasteiger charge is -2.06. The minimum Gasteiger partial charge on any atom is -0.317 e. The molecule has 0 unspecified atom stereocenters. The lowest BCUT2D eigenvalue weighted by Crippen LogP contribution is -2.16. The number of hydrogen-bond acceptors (Lipinski definition) is 3. The Labute approximate surface area is 204 Å². The Hall–Kier alpha value is 0.460. The summed E-state index contributed by atoms with van der Waals surface area (Å²) in [5, 5.41) is 3.60. The van der Waals surface area contributed by atoms with Gasteiger partial charge in [-0.2, -0.15) is 0 Å². The predicted octanol–water partition coefficient (Wildman–Crippen LogP) is 9.00. The van der Waals surface area contributed by atoms with Gasteiger partial charge in [-0.05, 0) is 43.7 Å². The van der Waals surface area contributed by atoms with Crippen LogP contribution < -0.4 is 5.32 Å². The number of unbranched alkanes of at least 4 members (excludes halogenated alkanes) is 20. The molecule has 0 saturated heterocycles. The summed E-state index contributed by atoms with van der Waals surface area (Å²) < 4.78 is 10.7. The average molecular weight is 494 g/mol. The van der Waals surface area contributed by atoms with E-state index >= 15 is 0 Å². The molecule has 0 aliphatic rings. The largest absolute Gasteiger partial charge is 0.383 e. The first-order valence-electron chi connectivity index (χ1n) is 14.0. The van der Waals surface area contributed by atoms with Crippen LogP contribution in [-0.4, -0.2) is 28.6 Å². The predicted molar refractivity (Wildman–Crippen MR) is 145 cm³/mol. The summed E-state index contributed by atoms with van der Waals surface area (Å²) in [5.41, 5.74) is 0. The fourth-order valence-corrected chi connectivity index (χ4v) is 5.84. The molecule has 0 amide bonds. The summed E-state index contributed by atoms with van der Waals surface area (Å²) in [5.74, 6) is 0.579. The fraction of sp³-hybridized carbons (Fsp3) is 1.00. The molecule has 194 valence electrons. The maximum atomic E-state index is 10.7. The lowest BCUT2D eigenvalue weighted by atomic mass is 10.0. The monoisotopic (exact) mass is 493 g/mol. The molecule has 0 spiro atoms. The maximum Gasteiger partial charge on any atom is 0.383 e. The van der Waals surface area contributed by atoms with Gasteiger partial charge in [0, 0.05) is 5.75 Å². The van der Waals surface area contributed by atoms with Crippen LogP contribution in [-0.2, 0) is 4.57 Å². The molecule has 0 aliphatic heterocycles. The highest BCUT2D eigenvalue weighted by Gasteiger charge is 2.12. The number of nitrogens with one attached hydrogen (secondary N) is 1. The van der Waals surface area contributed by atoms with E-state index in [9.17, 15) is 4.57 Å². The first-order valence-corrected chi connectivity index (χ1v) is 17.2. The van der Waals surface area contributed by atoms with Crippen molar-refractivity contribution in [2.75, 3.05) is 18.8 Å². The molecule has 6 heteroatoms. The average Bonchev–Trinajstić information content (AvgIpc) is 2.75. The van der Waals surface area contributed by atoms with Crippen molar-refractivity contribution in [1.29, 1.82) is 0 Å². The molecule has 0 aliphatic carbocycles. The van der Waals surface area contributed by atoms with Crippen molar-refractivity contribution in [1.82, 2.24) is 5.32 Å². The molecule has 0 rings (SSSR count). The molecule has 0 heterocycles. The second-order valence-corrected chi connectivity index (χ2v) is 13.3. The van der Waals surface area contributed by atoms with E-state index in [4.69, 9.17) is 9.79 Å². The van der Waals surface area contributed by atoms with Crippen LogP contribution in [0.25, 0.3) is 0 Å². The first-order chi connectivity index (χ1) is 15.6. The van der Waals surface area contributed by atoms with Gasteiger partial charge in [-0.15, -0.1) is 0 Å². The van der Waals surface area contributed by atoms with Gasteiger partial charge >= 0.3 is 6.80 Å². The van der Waals surface area contributed by atoms with Gasteiger partial charge in [0.1, 0.15) is 0 Å². The van der Waals surface area contributed by atoms with Crippen LogP contribution in [0.4, 0.5) is 0 Å². The van der Waals surface area contributed by atoms with Crippen molar-refractivity contribution >= 4 is 18.2 Å². The summed E-state index contributed by atoms with van der Waals surface area (Å²) in [6, 6.07) is 0. The highest BCUT2D eigenvalue weighted by atomic mass is 32.7. The summed E-state index contributed by atoms with van der Waals surface area (Å²) in [7, 11) is 0. The van der Waals surface area contributed by atoms with Crippen molar-refractivity contribution in [2.45, 2.75) is 148 Å². The Morgan fingerprint density at radius 2 is 0.844 bits per heavy atom. The number of hydrogen-bond donors (Lipinski definition) is 3. The van der Waals surface area contributed by atoms with Crippen LogP contribution in [0.1, 0.15) is 148 Å². The third-order valence-electron chi connectivity index (χ3n) is 6.21. The van der Waals surface area contributed by atoms with Crippen LogP contribution in [0.3, 0.4) is 0 Å². The zero-order valence-electron chi connectivity index (χ0n) is 21.3. The van der Waals surface area contributed by atoms with Crippen molar-refractivity contribution in [3.05, 3.63) is 0 Å². The van der Waals surface area contributed by atoms with E-state index in [-0.39, 0.29) is 0 Å². The third-order valence-corrected chi connectivity index (χ3v) is 8.58. The van der Waals surface area contributed by atoms with E-state index in [1.807, 2.05) is 0 Å². The van der Waals surface area contributed by atoms with E-state index < -0.39 is 6.80 Å². The second kappa shape index (κ2) is 26.1. The summed E-state index contributed by atoms with van der Waals surface area (Å²) in [4.78, 5) is 17.5.